The average Bonchev–Trinajstić information content (AvgIpc) is 2.02. The highest BCUT2D eigenvalue weighted by molar-refractivity contribution is 5.68. The molecule has 0 fully saturated rings. The highest BCUT2D eigenvalue weighted by Crippen LogP contribution is 2.26. The maximum atomic E-state index is 10.1. The van der Waals surface area contributed by atoms with Crippen molar-refractivity contribution < 1.29 is 19.7 Å². The lowest BCUT2D eigenvalue weighted by atomic mass is 10.2. The van der Waals surface area contributed by atoms with Gasteiger partial charge in [0.15, 0.2) is 18.1 Å². The third kappa shape index (κ3) is 2.66. The van der Waals surface area contributed by atoms with Gasteiger partial charge in [0.2, 0.25) is 0 Å². The largest absolute Gasteiger partial charge is 0.504 e. The van der Waals surface area contributed by atoms with Gasteiger partial charge in [0, 0.05) is 0 Å². The van der Waals surface area contributed by atoms with E-state index < -0.39 is 12.6 Å². The van der Waals surface area contributed by atoms with Gasteiger partial charge in [0.1, 0.15) is 0 Å². The monoisotopic (exact) mass is 182 g/mol. The van der Waals surface area contributed by atoms with Crippen molar-refractivity contribution in [1.82, 2.24) is 0 Å². The molecule has 1 aromatic carbocycles. The number of hydrogen-bond donors (Lipinski definition) is 2. The van der Waals surface area contributed by atoms with Gasteiger partial charge < -0.3 is 14.9 Å². The summed E-state index contributed by atoms with van der Waals surface area (Å²) < 4.78 is 4.80. The minimum atomic E-state index is -1.07. The quantitative estimate of drug-likeness (QED) is 0.736. The first kappa shape index (κ1) is 9.38. The van der Waals surface area contributed by atoms with Crippen molar-refractivity contribution in [3.63, 3.8) is 0 Å². The molecule has 1 aromatic rings. The third-order valence-corrected chi connectivity index (χ3v) is 1.47. The molecule has 13 heavy (non-hydrogen) atoms. The zero-order chi connectivity index (χ0) is 9.84. The molecule has 1 rings (SSSR count). The SMILES string of the molecule is Cc1ccc(OCC(=O)O)c(O)c1. The summed E-state index contributed by atoms with van der Waals surface area (Å²) in [7, 11) is 0. The van der Waals surface area contributed by atoms with Gasteiger partial charge in [0.25, 0.3) is 0 Å². The van der Waals surface area contributed by atoms with E-state index in [4.69, 9.17) is 9.84 Å². The van der Waals surface area contributed by atoms with E-state index in [1.165, 1.54) is 12.1 Å². The number of carboxylic acid groups (broad SMARTS) is 1. The van der Waals surface area contributed by atoms with Gasteiger partial charge in [-0.1, -0.05) is 6.07 Å². The predicted molar refractivity (Wildman–Crippen MR) is 46.0 cm³/mol. The lowest BCUT2D eigenvalue weighted by molar-refractivity contribution is -0.139. The zero-order valence-corrected chi connectivity index (χ0v) is 7.15. The molecule has 0 aromatic heterocycles. The van der Waals surface area contributed by atoms with Gasteiger partial charge in [-0.25, -0.2) is 4.79 Å². The first-order valence-electron chi connectivity index (χ1n) is 3.74. The summed E-state index contributed by atoms with van der Waals surface area (Å²) in [6, 6.07) is 4.78. The van der Waals surface area contributed by atoms with Gasteiger partial charge in [-0.05, 0) is 24.6 Å². The number of aromatic hydroxyl groups is 1. The van der Waals surface area contributed by atoms with E-state index in [0.29, 0.717) is 0 Å². The van der Waals surface area contributed by atoms with Crippen LogP contribution in [0.15, 0.2) is 18.2 Å². The molecule has 0 unspecified atom stereocenters. The van der Waals surface area contributed by atoms with Crippen LogP contribution in [0, 0.1) is 6.92 Å². The van der Waals surface area contributed by atoms with Crippen LogP contribution in [0.2, 0.25) is 0 Å². The number of aliphatic carboxylic acids is 1. The molecule has 0 saturated heterocycles. The maximum absolute atomic E-state index is 10.1. The number of carboxylic acids is 1. The summed E-state index contributed by atoms with van der Waals surface area (Å²) in [5.74, 6) is -0.922. The topological polar surface area (TPSA) is 66.8 Å². The van der Waals surface area contributed by atoms with Gasteiger partial charge in [0.05, 0.1) is 0 Å². The maximum Gasteiger partial charge on any atom is 0.341 e. The standard InChI is InChI=1S/C9H10O4/c1-6-2-3-8(7(10)4-6)13-5-9(11)12/h2-4,10H,5H2,1H3,(H,11,12). The van der Waals surface area contributed by atoms with Gasteiger partial charge in [-0.3, -0.25) is 0 Å². The second kappa shape index (κ2) is 3.80. The molecule has 2 N–H and O–H groups in total. The van der Waals surface area contributed by atoms with Crippen molar-refractivity contribution in [2.75, 3.05) is 6.61 Å². The Morgan fingerprint density at radius 3 is 2.77 bits per heavy atom. The Bertz CT molecular complexity index is 319. The number of phenolic OH excluding ortho intramolecular Hbond substituents is 1. The normalized spacial score (nSPS) is 9.62. The molecule has 0 saturated carbocycles. The van der Waals surface area contributed by atoms with Crippen molar-refractivity contribution in [3.05, 3.63) is 23.8 Å². The first-order valence-corrected chi connectivity index (χ1v) is 3.74. The summed E-state index contributed by atoms with van der Waals surface area (Å²) in [5.41, 5.74) is 0.889. The number of ether oxygens (including phenoxy) is 1. The average molecular weight is 182 g/mol. The third-order valence-electron chi connectivity index (χ3n) is 1.47. The predicted octanol–water partition coefficient (Wildman–Crippen LogP) is 1.16. The Kier molecular flexibility index (Phi) is 2.74. The van der Waals surface area contributed by atoms with Gasteiger partial charge in [-0.2, -0.15) is 0 Å². The molecule has 4 nitrogen and oxygen atoms in total. The Morgan fingerprint density at radius 2 is 2.23 bits per heavy atom. The minimum absolute atomic E-state index is 0.0405. The molecule has 0 aliphatic carbocycles. The van der Waals surface area contributed by atoms with E-state index >= 15 is 0 Å². The van der Waals surface area contributed by atoms with Crippen LogP contribution in [0.1, 0.15) is 5.56 Å². The van der Waals surface area contributed by atoms with Crippen LogP contribution in [-0.2, 0) is 4.79 Å². The second-order valence-electron chi connectivity index (χ2n) is 2.65. The number of benzene rings is 1. The number of carbonyl (C=O) groups is 1. The van der Waals surface area contributed by atoms with E-state index in [9.17, 15) is 9.90 Å². The van der Waals surface area contributed by atoms with Gasteiger partial charge in [-0.15, -0.1) is 0 Å². The molecule has 70 valence electrons. The van der Waals surface area contributed by atoms with Crippen LogP contribution in [0.3, 0.4) is 0 Å². The Labute approximate surface area is 75.4 Å². The van der Waals surface area contributed by atoms with E-state index in [1.54, 1.807) is 6.07 Å². The highest BCUT2D eigenvalue weighted by Gasteiger charge is 2.04. The molecule has 4 heteroatoms. The molecule has 0 heterocycles. The molecule has 0 amide bonds. The fourth-order valence-electron chi connectivity index (χ4n) is 0.889. The van der Waals surface area contributed by atoms with Crippen molar-refractivity contribution in [1.29, 1.82) is 0 Å². The van der Waals surface area contributed by atoms with E-state index in [-0.39, 0.29) is 11.5 Å². The number of phenols is 1. The molecule has 0 radical (unpaired) electrons. The van der Waals surface area contributed by atoms with Crippen LogP contribution in [0.5, 0.6) is 11.5 Å². The lowest BCUT2D eigenvalue weighted by Gasteiger charge is -2.05. The van der Waals surface area contributed by atoms with Crippen molar-refractivity contribution in [2.24, 2.45) is 0 Å². The Balaban J connectivity index is 2.72. The van der Waals surface area contributed by atoms with Crippen LogP contribution in [0.4, 0.5) is 0 Å². The Morgan fingerprint density at radius 1 is 1.54 bits per heavy atom. The van der Waals surface area contributed by atoms with Crippen molar-refractivity contribution in [3.8, 4) is 11.5 Å². The summed E-state index contributed by atoms with van der Waals surface area (Å²) in [4.78, 5) is 10.1. The summed E-state index contributed by atoms with van der Waals surface area (Å²) >= 11 is 0. The van der Waals surface area contributed by atoms with Crippen molar-refractivity contribution in [2.45, 2.75) is 6.92 Å². The van der Waals surface area contributed by atoms with E-state index in [0.717, 1.165) is 5.56 Å². The zero-order valence-electron chi connectivity index (χ0n) is 7.15. The van der Waals surface area contributed by atoms with Crippen molar-refractivity contribution >= 4 is 5.97 Å². The lowest BCUT2D eigenvalue weighted by Crippen LogP contribution is -2.09. The first-order chi connectivity index (χ1) is 6.09. The van der Waals surface area contributed by atoms with E-state index in [1.807, 2.05) is 6.92 Å². The number of hydrogen-bond acceptors (Lipinski definition) is 3. The van der Waals surface area contributed by atoms with Crippen LogP contribution in [0.25, 0.3) is 0 Å². The smallest absolute Gasteiger partial charge is 0.341 e. The number of rotatable bonds is 3. The van der Waals surface area contributed by atoms with Gasteiger partial charge >= 0.3 is 5.97 Å². The molecule has 0 atom stereocenters. The Hall–Kier alpha value is -1.71. The summed E-state index contributed by atoms with van der Waals surface area (Å²) in [6.45, 7) is 1.37. The molecule has 0 aliphatic heterocycles. The molecule has 0 spiro atoms. The summed E-state index contributed by atoms with van der Waals surface area (Å²) in [5, 5.41) is 17.6. The number of aryl methyl sites for hydroxylation is 1. The van der Waals surface area contributed by atoms with Crippen LogP contribution >= 0.6 is 0 Å². The highest BCUT2D eigenvalue weighted by atomic mass is 16.5. The minimum Gasteiger partial charge on any atom is -0.504 e. The summed E-state index contributed by atoms with van der Waals surface area (Å²) in [6.07, 6.45) is 0. The molecule has 0 aliphatic rings. The molecular formula is C9H10O4. The fraction of sp³-hybridized carbons (Fsp3) is 0.222. The molecule has 0 bridgehead atoms. The molecular weight excluding hydrogens is 172 g/mol. The van der Waals surface area contributed by atoms with E-state index in [2.05, 4.69) is 0 Å². The fourth-order valence-corrected chi connectivity index (χ4v) is 0.889. The van der Waals surface area contributed by atoms with Crippen LogP contribution < -0.4 is 4.74 Å². The van der Waals surface area contributed by atoms with Crippen LogP contribution in [-0.4, -0.2) is 22.8 Å². The second-order valence-corrected chi connectivity index (χ2v) is 2.65.